The van der Waals surface area contributed by atoms with Crippen molar-refractivity contribution in [2.75, 3.05) is 0 Å². The third kappa shape index (κ3) is 2.14. The van der Waals surface area contributed by atoms with E-state index in [4.69, 9.17) is 4.74 Å². The summed E-state index contributed by atoms with van der Waals surface area (Å²) in [7, 11) is 0. The van der Waals surface area contributed by atoms with E-state index >= 15 is 0 Å². The van der Waals surface area contributed by atoms with Crippen LogP contribution in [0.2, 0.25) is 0 Å². The fraction of sp³-hybridized carbons (Fsp3) is 0.833. The first-order valence-corrected chi connectivity index (χ1v) is 5.09. The number of hydrogen-bond donors (Lipinski definition) is 0. The van der Waals surface area contributed by atoms with Gasteiger partial charge in [0.1, 0.15) is 0 Å². The fourth-order valence-corrected chi connectivity index (χ4v) is 1.76. The largest absolute Gasteiger partial charge is 0.367 e. The fourth-order valence-electron chi connectivity index (χ4n) is 1.76. The minimum absolute atomic E-state index is 0.0715. The molecule has 1 heterocycles. The predicted octanol–water partition coefficient (Wildman–Crippen LogP) is 3.55. The van der Waals surface area contributed by atoms with Crippen LogP contribution < -0.4 is 0 Å². The standard InChI is InChI=1S/C12H22O/c1-9(2)12(6)8-7-10(13-12)11(3,4)5/h10H,1,7-8H2,2-6H3. The van der Waals surface area contributed by atoms with Gasteiger partial charge in [0, 0.05) is 0 Å². The molecule has 1 rings (SSSR count). The number of hydrogen-bond acceptors (Lipinski definition) is 1. The van der Waals surface area contributed by atoms with Gasteiger partial charge in [-0.1, -0.05) is 27.4 Å². The molecule has 1 saturated heterocycles. The van der Waals surface area contributed by atoms with Crippen LogP contribution in [0.1, 0.15) is 47.5 Å². The molecule has 13 heavy (non-hydrogen) atoms. The van der Waals surface area contributed by atoms with E-state index < -0.39 is 0 Å². The maximum Gasteiger partial charge on any atom is 0.0863 e. The summed E-state index contributed by atoms with van der Waals surface area (Å²) in [5.74, 6) is 0. The highest BCUT2D eigenvalue weighted by molar-refractivity contribution is 5.11. The van der Waals surface area contributed by atoms with Gasteiger partial charge in [0.2, 0.25) is 0 Å². The second kappa shape index (κ2) is 3.13. The first-order chi connectivity index (χ1) is 5.76. The number of rotatable bonds is 1. The molecular formula is C12H22O. The zero-order chi connectivity index (χ0) is 10.3. The van der Waals surface area contributed by atoms with Gasteiger partial charge in [-0.3, -0.25) is 0 Å². The van der Waals surface area contributed by atoms with Gasteiger partial charge < -0.3 is 4.74 Å². The van der Waals surface area contributed by atoms with Crippen LogP contribution in [0.15, 0.2) is 12.2 Å². The third-order valence-electron chi connectivity index (χ3n) is 3.15. The molecular weight excluding hydrogens is 160 g/mol. The lowest BCUT2D eigenvalue weighted by atomic mass is 9.87. The summed E-state index contributed by atoms with van der Waals surface area (Å²) in [6.45, 7) is 14.9. The highest BCUT2D eigenvalue weighted by Gasteiger charge is 2.41. The van der Waals surface area contributed by atoms with Gasteiger partial charge in [0.05, 0.1) is 11.7 Å². The van der Waals surface area contributed by atoms with E-state index in [2.05, 4.69) is 41.2 Å². The molecule has 0 N–H and O–H groups in total. The minimum Gasteiger partial charge on any atom is -0.367 e. The van der Waals surface area contributed by atoms with Crippen LogP contribution in [0.3, 0.4) is 0 Å². The third-order valence-corrected chi connectivity index (χ3v) is 3.15. The van der Waals surface area contributed by atoms with Crippen LogP contribution in [0.4, 0.5) is 0 Å². The lowest BCUT2D eigenvalue weighted by Gasteiger charge is -2.31. The Bertz CT molecular complexity index is 212. The van der Waals surface area contributed by atoms with Crippen molar-refractivity contribution >= 4 is 0 Å². The molecule has 1 aliphatic heterocycles. The van der Waals surface area contributed by atoms with Gasteiger partial charge in [-0.2, -0.15) is 0 Å². The second-order valence-corrected chi connectivity index (χ2v) is 5.52. The van der Waals surface area contributed by atoms with Crippen molar-refractivity contribution in [3.63, 3.8) is 0 Å². The van der Waals surface area contributed by atoms with Crippen LogP contribution in [0.5, 0.6) is 0 Å². The molecule has 0 amide bonds. The molecule has 1 nitrogen and oxygen atoms in total. The predicted molar refractivity (Wildman–Crippen MR) is 56.8 cm³/mol. The van der Waals surface area contributed by atoms with Crippen molar-refractivity contribution in [1.82, 2.24) is 0 Å². The molecule has 0 radical (unpaired) electrons. The Kier molecular flexibility index (Phi) is 2.59. The molecule has 2 unspecified atom stereocenters. The Morgan fingerprint density at radius 1 is 1.46 bits per heavy atom. The van der Waals surface area contributed by atoms with Crippen LogP contribution in [-0.4, -0.2) is 11.7 Å². The van der Waals surface area contributed by atoms with E-state index in [1.54, 1.807) is 0 Å². The zero-order valence-corrected chi connectivity index (χ0v) is 9.61. The van der Waals surface area contributed by atoms with E-state index in [9.17, 15) is 0 Å². The van der Waals surface area contributed by atoms with Gasteiger partial charge in [0.25, 0.3) is 0 Å². The van der Waals surface area contributed by atoms with Gasteiger partial charge in [-0.15, -0.1) is 0 Å². The molecule has 1 heteroatoms. The highest BCUT2D eigenvalue weighted by Crippen LogP contribution is 2.41. The molecule has 1 aliphatic rings. The van der Waals surface area contributed by atoms with Gasteiger partial charge in [-0.05, 0) is 37.7 Å². The highest BCUT2D eigenvalue weighted by atomic mass is 16.5. The van der Waals surface area contributed by atoms with Crippen molar-refractivity contribution in [2.24, 2.45) is 5.41 Å². The Morgan fingerprint density at radius 2 is 2.00 bits per heavy atom. The smallest absolute Gasteiger partial charge is 0.0863 e. The Balaban J connectivity index is 2.69. The maximum atomic E-state index is 6.08. The second-order valence-electron chi connectivity index (χ2n) is 5.52. The van der Waals surface area contributed by atoms with Crippen LogP contribution in [0, 0.1) is 5.41 Å². The van der Waals surface area contributed by atoms with Crippen LogP contribution >= 0.6 is 0 Å². The summed E-state index contributed by atoms with van der Waals surface area (Å²) < 4.78 is 6.08. The van der Waals surface area contributed by atoms with Gasteiger partial charge in [0.15, 0.2) is 0 Å². The van der Waals surface area contributed by atoms with E-state index in [1.807, 2.05) is 0 Å². The first kappa shape index (κ1) is 10.8. The van der Waals surface area contributed by atoms with Crippen molar-refractivity contribution < 1.29 is 4.74 Å². The molecule has 2 atom stereocenters. The van der Waals surface area contributed by atoms with Crippen molar-refractivity contribution in [2.45, 2.75) is 59.2 Å². The first-order valence-electron chi connectivity index (χ1n) is 5.09. The minimum atomic E-state index is -0.0715. The summed E-state index contributed by atoms with van der Waals surface area (Å²) in [6, 6.07) is 0. The lowest BCUT2D eigenvalue weighted by molar-refractivity contribution is -0.0508. The quantitative estimate of drug-likeness (QED) is 0.563. The van der Waals surface area contributed by atoms with Gasteiger partial charge >= 0.3 is 0 Å². The summed E-state index contributed by atoms with van der Waals surface area (Å²) in [5.41, 5.74) is 1.34. The topological polar surface area (TPSA) is 9.23 Å². The SMILES string of the molecule is C=C(C)C1(C)CCC(C(C)(C)C)O1. The zero-order valence-electron chi connectivity index (χ0n) is 9.61. The molecule has 76 valence electrons. The normalized spacial score (nSPS) is 35.0. The summed E-state index contributed by atoms with van der Waals surface area (Å²) in [4.78, 5) is 0. The Morgan fingerprint density at radius 3 is 2.23 bits per heavy atom. The van der Waals surface area contributed by atoms with Crippen LogP contribution in [0.25, 0.3) is 0 Å². The van der Waals surface area contributed by atoms with Crippen molar-refractivity contribution in [3.8, 4) is 0 Å². The van der Waals surface area contributed by atoms with Crippen molar-refractivity contribution in [3.05, 3.63) is 12.2 Å². The summed E-state index contributed by atoms with van der Waals surface area (Å²) in [6.07, 6.45) is 2.66. The lowest BCUT2D eigenvalue weighted by Crippen LogP contribution is -2.31. The monoisotopic (exact) mass is 182 g/mol. The van der Waals surface area contributed by atoms with E-state index in [-0.39, 0.29) is 11.0 Å². The molecule has 0 aliphatic carbocycles. The molecule has 0 spiro atoms. The Hall–Kier alpha value is -0.300. The van der Waals surface area contributed by atoms with Gasteiger partial charge in [-0.25, -0.2) is 0 Å². The average Bonchev–Trinajstić information content (AvgIpc) is 2.31. The summed E-state index contributed by atoms with van der Waals surface area (Å²) in [5, 5.41) is 0. The Labute approximate surface area is 82.2 Å². The number of ether oxygens (including phenoxy) is 1. The molecule has 0 aromatic rings. The average molecular weight is 182 g/mol. The maximum absolute atomic E-state index is 6.08. The van der Waals surface area contributed by atoms with E-state index in [1.165, 1.54) is 0 Å². The molecule has 0 bridgehead atoms. The molecule has 0 saturated carbocycles. The molecule has 0 aromatic heterocycles. The summed E-state index contributed by atoms with van der Waals surface area (Å²) >= 11 is 0. The van der Waals surface area contributed by atoms with E-state index in [0.29, 0.717) is 6.10 Å². The van der Waals surface area contributed by atoms with Crippen molar-refractivity contribution in [1.29, 1.82) is 0 Å². The van der Waals surface area contributed by atoms with Crippen LogP contribution in [-0.2, 0) is 4.74 Å². The molecule has 0 aromatic carbocycles. The van der Waals surface area contributed by atoms with E-state index in [0.717, 1.165) is 18.4 Å². The molecule has 1 fully saturated rings.